The standard InChI is InChI=1S/C17H23N3O3/c1-10(21)9-20-15-7-4-12(16(18)23)8-14(15)19-17(20)11-2-5-13(22)6-3-11/h4,7-8,10-11,13,21-22H,2-3,5-6,9H2,1H3,(H2,18,23)/t10-,11?,13?/m1/s1. The fourth-order valence-corrected chi connectivity index (χ4v) is 3.40. The lowest BCUT2D eigenvalue weighted by Crippen LogP contribution is -2.21. The van der Waals surface area contributed by atoms with Gasteiger partial charge in [0.15, 0.2) is 0 Å². The van der Waals surface area contributed by atoms with E-state index in [0.717, 1.165) is 42.5 Å². The summed E-state index contributed by atoms with van der Waals surface area (Å²) < 4.78 is 2.03. The maximum atomic E-state index is 11.4. The number of nitrogens with two attached hydrogens (primary N) is 1. The topological polar surface area (TPSA) is 101 Å². The van der Waals surface area contributed by atoms with E-state index in [-0.39, 0.29) is 12.0 Å². The van der Waals surface area contributed by atoms with Crippen LogP contribution in [0.4, 0.5) is 0 Å². The smallest absolute Gasteiger partial charge is 0.248 e. The van der Waals surface area contributed by atoms with Crippen molar-refractivity contribution < 1.29 is 15.0 Å². The Bertz CT molecular complexity index is 715. The summed E-state index contributed by atoms with van der Waals surface area (Å²) in [5.74, 6) is 0.718. The lowest BCUT2D eigenvalue weighted by Gasteiger charge is -2.26. The minimum atomic E-state index is -0.490. The van der Waals surface area contributed by atoms with E-state index < -0.39 is 12.0 Å². The second-order valence-electron chi connectivity index (χ2n) is 6.50. The number of imidazole rings is 1. The molecule has 1 aromatic carbocycles. The highest BCUT2D eigenvalue weighted by Crippen LogP contribution is 2.34. The van der Waals surface area contributed by atoms with Gasteiger partial charge in [0.2, 0.25) is 5.91 Å². The van der Waals surface area contributed by atoms with Gasteiger partial charge in [-0.1, -0.05) is 0 Å². The van der Waals surface area contributed by atoms with Gasteiger partial charge in [-0.2, -0.15) is 0 Å². The minimum Gasteiger partial charge on any atom is -0.393 e. The molecule has 1 fully saturated rings. The molecule has 1 heterocycles. The fraction of sp³-hybridized carbons (Fsp3) is 0.529. The van der Waals surface area contributed by atoms with Crippen LogP contribution in [0, 0.1) is 0 Å². The molecular weight excluding hydrogens is 294 g/mol. The lowest BCUT2D eigenvalue weighted by molar-refractivity contribution is 0.1000. The Morgan fingerprint density at radius 2 is 2.09 bits per heavy atom. The van der Waals surface area contributed by atoms with Crippen LogP contribution in [0.3, 0.4) is 0 Å². The van der Waals surface area contributed by atoms with Gasteiger partial charge in [0.25, 0.3) is 0 Å². The Labute approximate surface area is 134 Å². The molecule has 0 aliphatic heterocycles. The van der Waals surface area contributed by atoms with E-state index in [9.17, 15) is 15.0 Å². The molecule has 0 bridgehead atoms. The van der Waals surface area contributed by atoms with Gasteiger partial charge in [-0.15, -0.1) is 0 Å². The summed E-state index contributed by atoms with van der Waals surface area (Å²) in [5, 5.41) is 19.5. The number of amides is 1. The van der Waals surface area contributed by atoms with Crippen molar-refractivity contribution in [3.8, 4) is 0 Å². The Balaban J connectivity index is 2.05. The number of fused-ring (bicyclic) bond motifs is 1. The molecule has 0 saturated heterocycles. The molecule has 1 amide bonds. The van der Waals surface area contributed by atoms with Gasteiger partial charge in [-0.25, -0.2) is 4.98 Å². The molecule has 0 radical (unpaired) electrons. The third kappa shape index (κ3) is 3.23. The van der Waals surface area contributed by atoms with Crippen LogP contribution in [0.15, 0.2) is 18.2 Å². The summed E-state index contributed by atoms with van der Waals surface area (Å²) in [6.45, 7) is 2.21. The van der Waals surface area contributed by atoms with Gasteiger partial charge < -0.3 is 20.5 Å². The zero-order valence-corrected chi connectivity index (χ0v) is 13.3. The summed E-state index contributed by atoms with van der Waals surface area (Å²) in [5.41, 5.74) is 7.41. The lowest BCUT2D eigenvalue weighted by atomic mass is 9.87. The van der Waals surface area contributed by atoms with E-state index in [1.165, 1.54) is 0 Å². The molecular formula is C17H23N3O3. The Hall–Kier alpha value is -1.92. The molecule has 1 aliphatic carbocycles. The first kappa shape index (κ1) is 16.0. The number of aliphatic hydroxyl groups is 2. The number of hydrogen-bond donors (Lipinski definition) is 3. The quantitative estimate of drug-likeness (QED) is 0.796. The molecule has 1 aromatic heterocycles. The molecule has 3 rings (SSSR count). The highest BCUT2D eigenvalue weighted by molar-refractivity contribution is 5.96. The van der Waals surface area contributed by atoms with E-state index >= 15 is 0 Å². The first-order valence-corrected chi connectivity index (χ1v) is 8.12. The molecule has 6 heteroatoms. The normalized spacial score (nSPS) is 23.1. The van der Waals surface area contributed by atoms with E-state index in [2.05, 4.69) is 0 Å². The minimum absolute atomic E-state index is 0.220. The van der Waals surface area contributed by atoms with Crippen molar-refractivity contribution in [1.29, 1.82) is 0 Å². The van der Waals surface area contributed by atoms with Crippen LogP contribution in [0.1, 0.15) is 54.7 Å². The van der Waals surface area contributed by atoms with Gasteiger partial charge in [0, 0.05) is 11.5 Å². The first-order valence-electron chi connectivity index (χ1n) is 8.12. The maximum absolute atomic E-state index is 11.4. The summed E-state index contributed by atoms with van der Waals surface area (Å²) in [4.78, 5) is 16.1. The summed E-state index contributed by atoms with van der Waals surface area (Å²) in [6, 6.07) is 5.24. The molecule has 23 heavy (non-hydrogen) atoms. The molecule has 0 unspecified atom stereocenters. The van der Waals surface area contributed by atoms with Crippen molar-refractivity contribution in [2.24, 2.45) is 5.73 Å². The van der Waals surface area contributed by atoms with Crippen molar-refractivity contribution in [2.75, 3.05) is 0 Å². The summed E-state index contributed by atoms with van der Waals surface area (Å²) >= 11 is 0. The average molecular weight is 317 g/mol. The highest BCUT2D eigenvalue weighted by atomic mass is 16.3. The van der Waals surface area contributed by atoms with E-state index in [4.69, 9.17) is 10.7 Å². The fourth-order valence-electron chi connectivity index (χ4n) is 3.40. The third-order valence-electron chi connectivity index (χ3n) is 4.57. The monoisotopic (exact) mass is 317 g/mol. The molecule has 1 atom stereocenters. The Morgan fingerprint density at radius 1 is 1.39 bits per heavy atom. The maximum Gasteiger partial charge on any atom is 0.248 e. The zero-order chi connectivity index (χ0) is 16.6. The van der Waals surface area contributed by atoms with E-state index in [1.807, 2.05) is 10.6 Å². The predicted molar refractivity (Wildman–Crippen MR) is 87.1 cm³/mol. The number of nitrogens with zero attached hydrogens (tertiary/aromatic N) is 2. The SMILES string of the molecule is C[C@@H](O)Cn1c(C2CCC(O)CC2)nc2cc(C(N)=O)ccc21. The van der Waals surface area contributed by atoms with Crippen LogP contribution in [0.5, 0.6) is 0 Å². The summed E-state index contributed by atoms with van der Waals surface area (Å²) in [6.07, 6.45) is 2.60. The number of primary amides is 1. The second-order valence-corrected chi connectivity index (χ2v) is 6.50. The van der Waals surface area contributed by atoms with Gasteiger partial charge in [-0.3, -0.25) is 4.79 Å². The van der Waals surface area contributed by atoms with Gasteiger partial charge in [0.1, 0.15) is 5.82 Å². The van der Waals surface area contributed by atoms with Crippen molar-refractivity contribution in [2.45, 2.75) is 57.3 Å². The highest BCUT2D eigenvalue weighted by Gasteiger charge is 2.26. The molecule has 6 nitrogen and oxygen atoms in total. The average Bonchev–Trinajstić information content (AvgIpc) is 2.85. The van der Waals surface area contributed by atoms with Crippen LogP contribution in [0.2, 0.25) is 0 Å². The van der Waals surface area contributed by atoms with Gasteiger partial charge in [-0.05, 0) is 50.8 Å². The molecule has 0 spiro atoms. The number of rotatable bonds is 4. The second kappa shape index (κ2) is 6.29. The predicted octanol–water partition coefficient (Wildman–Crippen LogP) is 1.53. The van der Waals surface area contributed by atoms with Crippen LogP contribution in [-0.2, 0) is 6.54 Å². The van der Waals surface area contributed by atoms with Gasteiger partial charge >= 0.3 is 0 Å². The van der Waals surface area contributed by atoms with E-state index in [1.54, 1.807) is 19.1 Å². The number of aromatic nitrogens is 2. The van der Waals surface area contributed by atoms with Crippen molar-refractivity contribution in [1.82, 2.24) is 9.55 Å². The third-order valence-corrected chi connectivity index (χ3v) is 4.57. The number of aliphatic hydroxyl groups excluding tert-OH is 2. The van der Waals surface area contributed by atoms with Crippen LogP contribution in [-0.4, -0.2) is 37.9 Å². The van der Waals surface area contributed by atoms with E-state index in [0.29, 0.717) is 12.1 Å². The summed E-state index contributed by atoms with van der Waals surface area (Å²) in [7, 11) is 0. The molecule has 1 saturated carbocycles. The molecule has 124 valence electrons. The number of carbonyl (C=O) groups excluding carboxylic acids is 1. The number of carbonyl (C=O) groups is 1. The number of benzene rings is 1. The Morgan fingerprint density at radius 3 is 2.70 bits per heavy atom. The molecule has 1 aliphatic rings. The van der Waals surface area contributed by atoms with Crippen molar-refractivity contribution in [3.63, 3.8) is 0 Å². The molecule has 4 N–H and O–H groups in total. The number of hydrogen-bond acceptors (Lipinski definition) is 4. The zero-order valence-electron chi connectivity index (χ0n) is 13.3. The van der Waals surface area contributed by atoms with Gasteiger partial charge in [0.05, 0.1) is 29.8 Å². The largest absolute Gasteiger partial charge is 0.393 e. The first-order chi connectivity index (χ1) is 11.0. The van der Waals surface area contributed by atoms with Crippen molar-refractivity contribution >= 4 is 16.9 Å². The Kier molecular flexibility index (Phi) is 4.37. The van der Waals surface area contributed by atoms with Crippen LogP contribution in [0.25, 0.3) is 11.0 Å². The van der Waals surface area contributed by atoms with Crippen molar-refractivity contribution in [3.05, 3.63) is 29.6 Å². The molecule has 2 aromatic rings. The van der Waals surface area contributed by atoms with Crippen LogP contribution < -0.4 is 5.73 Å². The van der Waals surface area contributed by atoms with Crippen LogP contribution >= 0.6 is 0 Å².